The molecule has 1 unspecified atom stereocenters. The number of nitrogens with zero attached hydrogens (tertiary/aromatic N) is 3. The van der Waals surface area contributed by atoms with Gasteiger partial charge in [-0.15, -0.1) is 0 Å². The first-order chi connectivity index (χ1) is 14.5. The van der Waals surface area contributed by atoms with Crippen molar-refractivity contribution in [1.82, 2.24) is 15.1 Å². The average molecular weight is 437 g/mol. The van der Waals surface area contributed by atoms with Crippen molar-refractivity contribution in [1.29, 1.82) is 0 Å². The van der Waals surface area contributed by atoms with Gasteiger partial charge in [-0.05, 0) is 43.4 Å². The lowest BCUT2D eigenvalue weighted by Gasteiger charge is -2.36. The number of amides is 1. The maximum atomic E-state index is 12.6. The largest absolute Gasteiger partial charge is 0.389 e. The molecule has 2 fully saturated rings. The highest BCUT2D eigenvalue weighted by molar-refractivity contribution is 6.30. The van der Waals surface area contributed by atoms with Crippen molar-refractivity contribution >= 4 is 23.5 Å². The van der Waals surface area contributed by atoms with Crippen LogP contribution in [-0.4, -0.2) is 85.4 Å². The van der Waals surface area contributed by atoms with Crippen molar-refractivity contribution in [3.8, 4) is 0 Å². The Labute approximate surface area is 184 Å². The molecule has 2 N–H and O–H groups in total. The summed E-state index contributed by atoms with van der Waals surface area (Å²) >= 11 is 6.02. The molecule has 0 radical (unpaired) electrons. The molecule has 7 nitrogen and oxygen atoms in total. The number of hydrogen-bond acceptors (Lipinski definition) is 4. The summed E-state index contributed by atoms with van der Waals surface area (Å²) < 4.78 is 5.55. The maximum Gasteiger partial charge on any atom is 0.227 e. The Hall–Kier alpha value is -1.83. The molecular formula is C22H33ClN4O3. The summed E-state index contributed by atoms with van der Waals surface area (Å²) in [5, 5.41) is 14.1. The second-order valence-corrected chi connectivity index (χ2v) is 8.44. The van der Waals surface area contributed by atoms with Gasteiger partial charge in [0.15, 0.2) is 5.96 Å². The van der Waals surface area contributed by atoms with Gasteiger partial charge in [0, 0.05) is 44.4 Å². The van der Waals surface area contributed by atoms with Crippen molar-refractivity contribution < 1.29 is 14.6 Å². The summed E-state index contributed by atoms with van der Waals surface area (Å²) in [6.07, 6.45) is 2.25. The SMILES string of the molecule is CCNC(=NCC(O)COCC1CC1)N1CCN(C(=O)Cc2cccc(Cl)c2)CC1. The summed E-state index contributed by atoms with van der Waals surface area (Å²) in [5.41, 5.74) is 0.933. The molecule has 3 rings (SSSR count). The molecular weight excluding hydrogens is 404 g/mol. The number of guanidine groups is 1. The van der Waals surface area contributed by atoms with Crippen LogP contribution in [0, 0.1) is 5.92 Å². The molecule has 0 aromatic heterocycles. The van der Waals surface area contributed by atoms with E-state index in [-0.39, 0.29) is 5.91 Å². The van der Waals surface area contributed by atoms with Gasteiger partial charge in [0.2, 0.25) is 5.91 Å². The van der Waals surface area contributed by atoms with Crippen molar-refractivity contribution in [3.05, 3.63) is 34.9 Å². The minimum atomic E-state index is -0.599. The van der Waals surface area contributed by atoms with Crippen molar-refractivity contribution in [2.75, 3.05) is 52.5 Å². The number of ether oxygens (including phenoxy) is 1. The number of nitrogens with one attached hydrogen (secondary N) is 1. The number of aliphatic imine (C=N–C) groups is 1. The van der Waals surface area contributed by atoms with Crippen molar-refractivity contribution in [2.45, 2.75) is 32.3 Å². The van der Waals surface area contributed by atoms with Gasteiger partial charge in [-0.1, -0.05) is 23.7 Å². The zero-order valence-electron chi connectivity index (χ0n) is 17.7. The van der Waals surface area contributed by atoms with Crippen LogP contribution in [0.15, 0.2) is 29.3 Å². The van der Waals surface area contributed by atoms with Gasteiger partial charge in [-0.2, -0.15) is 0 Å². The number of aliphatic hydroxyl groups excluding tert-OH is 1. The lowest BCUT2D eigenvalue weighted by molar-refractivity contribution is -0.131. The lowest BCUT2D eigenvalue weighted by atomic mass is 10.1. The van der Waals surface area contributed by atoms with E-state index >= 15 is 0 Å². The molecule has 30 heavy (non-hydrogen) atoms. The monoisotopic (exact) mass is 436 g/mol. The Kier molecular flexibility index (Phi) is 8.78. The number of rotatable bonds is 9. The van der Waals surface area contributed by atoms with E-state index < -0.39 is 6.10 Å². The van der Waals surface area contributed by atoms with Crippen LogP contribution in [0.1, 0.15) is 25.3 Å². The fourth-order valence-electron chi connectivity index (χ4n) is 3.43. The van der Waals surface area contributed by atoms with E-state index in [2.05, 4.69) is 15.2 Å². The van der Waals surface area contributed by atoms with E-state index in [4.69, 9.17) is 16.3 Å². The first-order valence-corrected chi connectivity index (χ1v) is 11.2. The van der Waals surface area contributed by atoms with E-state index in [9.17, 15) is 9.90 Å². The topological polar surface area (TPSA) is 77.4 Å². The van der Waals surface area contributed by atoms with Crippen molar-refractivity contribution in [3.63, 3.8) is 0 Å². The number of hydrogen-bond donors (Lipinski definition) is 2. The minimum absolute atomic E-state index is 0.113. The number of aliphatic hydroxyl groups is 1. The Balaban J connectivity index is 1.44. The maximum absolute atomic E-state index is 12.6. The van der Waals surface area contributed by atoms with Gasteiger partial charge in [-0.25, -0.2) is 0 Å². The third-order valence-corrected chi connectivity index (χ3v) is 5.56. The van der Waals surface area contributed by atoms with Gasteiger partial charge in [0.05, 0.1) is 25.7 Å². The summed E-state index contributed by atoms with van der Waals surface area (Å²) in [4.78, 5) is 21.2. The number of piperazine rings is 1. The zero-order chi connectivity index (χ0) is 21.3. The normalized spacial score (nSPS) is 18.4. The number of carbonyl (C=O) groups excluding carboxylic acids is 1. The van der Waals surface area contributed by atoms with Gasteiger partial charge >= 0.3 is 0 Å². The predicted molar refractivity (Wildman–Crippen MR) is 119 cm³/mol. The molecule has 2 aliphatic rings. The molecule has 1 aliphatic carbocycles. The zero-order valence-corrected chi connectivity index (χ0v) is 18.5. The molecule has 1 saturated heterocycles. The van der Waals surface area contributed by atoms with E-state index in [0.717, 1.165) is 24.7 Å². The molecule has 1 saturated carbocycles. The molecule has 8 heteroatoms. The minimum Gasteiger partial charge on any atom is -0.389 e. The van der Waals surface area contributed by atoms with Gasteiger partial charge < -0.3 is 25.0 Å². The molecule has 1 heterocycles. The first kappa shape index (κ1) is 22.8. The highest BCUT2D eigenvalue weighted by atomic mass is 35.5. The average Bonchev–Trinajstić information content (AvgIpc) is 3.56. The van der Waals surface area contributed by atoms with E-state index in [1.54, 1.807) is 0 Å². The van der Waals surface area contributed by atoms with Gasteiger partial charge in [0.25, 0.3) is 0 Å². The van der Waals surface area contributed by atoms with Crippen LogP contribution in [0.4, 0.5) is 0 Å². The molecule has 1 aromatic rings. The highest BCUT2D eigenvalue weighted by Gasteiger charge is 2.24. The van der Waals surface area contributed by atoms with E-state index in [0.29, 0.717) is 56.7 Å². The Bertz CT molecular complexity index is 718. The third kappa shape index (κ3) is 7.45. The Morgan fingerprint density at radius 2 is 2.03 bits per heavy atom. The van der Waals surface area contributed by atoms with E-state index in [1.165, 1.54) is 12.8 Å². The summed E-state index contributed by atoms with van der Waals surface area (Å²) in [5.74, 6) is 1.58. The summed E-state index contributed by atoms with van der Waals surface area (Å²) in [6.45, 7) is 6.87. The van der Waals surface area contributed by atoms with Crippen LogP contribution in [0.5, 0.6) is 0 Å². The summed E-state index contributed by atoms with van der Waals surface area (Å²) in [6, 6.07) is 7.44. The smallest absolute Gasteiger partial charge is 0.227 e. The van der Waals surface area contributed by atoms with Crippen LogP contribution in [-0.2, 0) is 16.0 Å². The fraction of sp³-hybridized carbons (Fsp3) is 0.636. The van der Waals surface area contributed by atoms with Crippen LogP contribution >= 0.6 is 11.6 Å². The van der Waals surface area contributed by atoms with Crippen LogP contribution in [0.3, 0.4) is 0 Å². The number of benzene rings is 1. The summed E-state index contributed by atoms with van der Waals surface area (Å²) in [7, 11) is 0. The van der Waals surface area contributed by atoms with Crippen LogP contribution in [0.2, 0.25) is 5.02 Å². The Morgan fingerprint density at radius 3 is 2.70 bits per heavy atom. The van der Waals surface area contributed by atoms with E-state index in [1.807, 2.05) is 36.1 Å². The second-order valence-electron chi connectivity index (χ2n) is 8.00. The van der Waals surface area contributed by atoms with Gasteiger partial charge in [-0.3, -0.25) is 9.79 Å². The third-order valence-electron chi connectivity index (χ3n) is 5.32. The molecule has 0 spiro atoms. The molecule has 0 bridgehead atoms. The quantitative estimate of drug-likeness (QED) is 0.456. The number of carbonyl (C=O) groups is 1. The second kappa shape index (κ2) is 11.5. The molecule has 1 amide bonds. The van der Waals surface area contributed by atoms with Crippen LogP contribution in [0.25, 0.3) is 0 Å². The molecule has 1 aromatic carbocycles. The van der Waals surface area contributed by atoms with Crippen LogP contribution < -0.4 is 5.32 Å². The lowest BCUT2D eigenvalue weighted by Crippen LogP contribution is -2.54. The standard InChI is InChI=1S/C22H33ClN4O3/c1-2-24-22(25-14-20(28)16-30-15-17-6-7-17)27-10-8-26(9-11-27)21(29)13-18-4-3-5-19(23)12-18/h3-5,12,17,20,28H,2,6-11,13-16H2,1H3,(H,24,25). The fourth-order valence-corrected chi connectivity index (χ4v) is 3.64. The van der Waals surface area contributed by atoms with Gasteiger partial charge in [0.1, 0.15) is 0 Å². The highest BCUT2D eigenvalue weighted by Crippen LogP contribution is 2.28. The number of halogens is 1. The van der Waals surface area contributed by atoms with Crippen molar-refractivity contribution in [2.24, 2.45) is 10.9 Å². The molecule has 166 valence electrons. The molecule has 1 atom stereocenters. The molecule has 1 aliphatic heterocycles. The predicted octanol–water partition coefficient (Wildman–Crippen LogP) is 1.78. The Morgan fingerprint density at radius 1 is 1.30 bits per heavy atom. The first-order valence-electron chi connectivity index (χ1n) is 10.9.